The molecule has 0 unspecified atom stereocenters. The van der Waals surface area contributed by atoms with Gasteiger partial charge in [0.25, 0.3) is 0 Å². The van der Waals surface area contributed by atoms with Gasteiger partial charge >= 0.3 is 29.6 Å². The largest absolute Gasteiger partial charge is 1.00 e. The maximum absolute atomic E-state index is 11.0. The van der Waals surface area contributed by atoms with Crippen LogP contribution in [-0.2, 0) is 16.0 Å². The van der Waals surface area contributed by atoms with Crippen LogP contribution in [0.25, 0.3) is 0 Å². The monoisotopic (exact) mass is 241 g/mol. The van der Waals surface area contributed by atoms with Crippen molar-refractivity contribution >= 4 is 11.9 Å². The van der Waals surface area contributed by atoms with Gasteiger partial charge in [-0.3, -0.25) is 4.79 Å². The van der Waals surface area contributed by atoms with Gasteiger partial charge in [-0.2, -0.15) is 0 Å². The third-order valence-corrected chi connectivity index (χ3v) is 1.93. The number of hydrogen-bond acceptors (Lipinski definition) is 3. The molecule has 0 atom stereocenters. The summed E-state index contributed by atoms with van der Waals surface area (Å²) in [4.78, 5) is 21.1. The summed E-state index contributed by atoms with van der Waals surface area (Å²) in [6.45, 7) is 0.472. The Hall–Kier alpha value is -1.10. The van der Waals surface area contributed by atoms with E-state index in [4.69, 9.17) is 0 Å². The quantitative estimate of drug-likeness (QED) is 0.433. The molecule has 4 nitrogen and oxygen atoms in total. The molecule has 0 heterocycles. The van der Waals surface area contributed by atoms with Crippen molar-refractivity contribution < 1.29 is 44.3 Å². The van der Waals surface area contributed by atoms with Gasteiger partial charge in [-0.05, 0) is 18.1 Å². The summed E-state index contributed by atoms with van der Waals surface area (Å²) in [5, 5.41) is 12.6. The molecule has 5 heteroatoms. The fourth-order valence-electron chi connectivity index (χ4n) is 1.18. The van der Waals surface area contributed by atoms with E-state index >= 15 is 0 Å². The summed E-state index contributed by atoms with van der Waals surface area (Å²) in [6, 6.07) is 9.69. The van der Waals surface area contributed by atoms with Gasteiger partial charge in [-0.25, -0.2) is 0 Å². The first-order chi connectivity index (χ1) is 7.68. The molecule has 0 radical (unpaired) electrons. The Morgan fingerprint density at radius 3 is 2.41 bits per heavy atom. The van der Waals surface area contributed by atoms with Crippen molar-refractivity contribution in [2.45, 2.75) is 6.42 Å². The second-order valence-electron chi connectivity index (χ2n) is 3.18. The van der Waals surface area contributed by atoms with Gasteiger partial charge in [0.2, 0.25) is 5.91 Å². The Morgan fingerprint density at radius 2 is 1.82 bits per heavy atom. The topological polar surface area (TPSA) is 69.2 Å². The van der Waals surface area contributed by atoms with Crippen LogP contribution in [0.3, 0.4) is 0 Å². The predicted octanol–water partition coefficient (Wildman–Crippen LogP) is -3.34. The van der Waals surface area contributed by atoms with Crippen molar-refractivity contribution in [3.05, 3.63) is 48.0 Å². The molecule has 0 fully saturated rings. The van der Waals surface area contributed by atoms with E-state index < -0.39 is 11.9 Å². The molecule has 84 valence electrons. The summed E-state index contributed by atoms with van der Waals surface area (Å²) >= 11 is 0. The molecule has 1 amide bonds. The van der Waals surface area contributed by atoms with Gasteiger partial charge in [0.15, 0.2) is 0 Å². The SMILES string of the molecule is O=C([O-])/C=C\C(=O)NCCc1ccccc1.[Na+]. The van der Waals surface area contributed by atoms with E-state index in [2.05, 4.69) is 5.32 Å². The molecule has 0 spiro atoms. The zero-order valence-electron chi connectivity index (χ0n) is 9.68. The molecule has 0 aliphatic rings. The molecule has 1 aromatic rings. The van der Waals surface area contributed by atoms with E-state index in [0.29, 0.717) is 19.0 Å². The molecule has 1 N–H and O–H groups in total. The van der Waals surface area contributed by atoms with Crippen LogP contribution < -0.4 is 40.0 Å². The van der Waals surface area contributed by atoms with Crippen molar-refractivity contribution in [2.75, 3.05) is 6.54 Å². The smallest absolute Gasteiger partial charge is 0.545 e. The second-order valence-corrected chi connectivity index (χ2v) is 3.18. The van der Waals surface area contributed by atoms with Crippen LogP contribution >= 0.6 is 0 Å². The van der Waals surface area contributed by atoms with Crippen molar-refractivity contribution in [1.29, 1.82) is 0 Å². The van der Waals surface area contributed by atoms with Gasteiger partial charge in [0.05, 0.1) is 5.97 Å². The zero-order valence-corrected chi connectivity index (χ0v) is 11.7. The molecule has 0 aromatic heterocycles. The first kappa shape index (κ1) is 15.9. The molecule has 0 saturated carbocycles. The van der Waals surface area contributed by atoms with Gasteiger partial charge in [0.1, 0.15) is 0 Å². The molecule has 1 aromatic carbocycles. The van der Waals surface area contributed by atoms with Gasteiger partial charge in [-0.15, -0.1) is 0 Å². The third-order valence-electron chi connectivity index (χ3n) is 1.93. The molecular weight excluding hydrogens is 229 g/mol. The molecule has 1 rings (SSSR count). The maximum atomic E-state index is 11.0. The minimum absolute atomic E-state index is 0. The van der Waals surface area contributed by atoms with Crippen LogP contribution in [0.5, 0.6) is 0 Å². The normalized spacial score (nSPS) is 9.65. The van der Waals surface area contributed by atoms with Crippen LogP contribution in [0.15, 0.2) is 42.5 Å². The van der Waals surface area contributed by atoms with E-state index in [1.165, 1.54) is 0 Å². The van der Waals surface area contributed by atoms with E-state index in [1.54, 1.807) is 0 Å². The van der Waals surface area contributed by atoms with Crippen LogP contribution in [0.2, 0.25) is 0 Å². The zero-order chi connectivity index (χ0) is 11.8. The predicted molar refractivity (Wildman–Crippen MR) is 57.3 cm³/mol. The number of carbonyl (C=O) groups is 2. The second kappa shape index (κ2) is 8.98. The first-order valence-electron chi connectivity index (χ1n) is 4.89. The fourth-order valence-corrected chi connectivity index (χ4v) is 1.18. The number of carboxylic acids is 1. The summed E-state index contributed by atoms with van der Waals surface area (Å²) in [7, 11) is 0. The van der Waals surface area contributed by atoms with E-state index in [0.717, 1.165) is 11.6 Å². The molecule has 0 bridgehead atoms. The van der Waals surface area contributed by atoms with Crippen LogP contribution in [0.1, 0.15) is 5.56 Å². The molecule has 0 aliphatic carbocycles. The third kappa shape index (κ3) is 7.74. The van der Waals surface area contributed by atoms with E-state index in [-0.39, 0.29) is 29.6 Å². The Kier molecular flexibility index (Phi) is 8.40. The van der Waals surface area contributed by atoms with Crippen LogP contribution in [0.4, 0.5) is 0 Å². The van der Waals surface area contributed by atoms with Gasteiger partial charge in [0, 0.05) is 12.6 Å². The number of rotatable bonds is 5. The van der Waals surface area contributed by atoms with Crippen molar-refractivity contribution in [1.82, 2.24) is 5.32 Å². The average Bonchev–Trinajstić information content (AvgIpc) is 2.28. The number of nitrogens with one attached hydrogen (secondary N) is 1. The number of amides is 1. The minimum Gasteiger partial charge on any atom is -0.545 e. The number of carboxylic acid groups (broad SMARTS) is 1. The van der Waals surface area contributed by atoms with Crippen LogP contribution in [-0.4, -0.2) is 18.4 Å². The number of aliphatic carboxylic acids is 1. The summed E-state index contributed by atoms with van der Waals surface area (Å²) in [5.41, 5.74) is 1.12. The average molecular weight is 241 g/mol. The molecular formula is C12H12NNaO3. The molecule has 0 aliphatic heterocycles. The minimum atomic E-state index is -1.38. The molecule has 0 saturated heterocycles. The van der Waals surface area contributed by atoms with Gasteiger partial charge in [-0.1, -0.05) is 30.3 Å². The molecule has 17 heavy (non-hydrogen) atoms. The van der Waals surface area contributed by atoms with Crippen molar-refractivity contribution in [3.8, 4) is 0 Å². The summed E-state index contributed by atoms with van der Waals surface area (Å²) < 4.78 is 0. The first-order valence-corrected chi connectivity index (χ1v) is 4.89. The van der Waals surface area contributed by atoms with Gasteiger partial charge < -0.3 is 15.2 Å². The van der Waals surface area contributed by atoms with Crippen molar-refractivity contribution in [3.63, 3.8) is 0 Å². The van der Waals surface area contributed by atoms with E-state index in [1.807, 2.05) is 30.3 Å². The summed E-state index contributed by atoms with van der Waals surface area (Å²) in [6.07, 6.45) is 2.36. The standard InChI is InChI=1S/C12H13NO3.Na/c14-11(6-7-12(15)16)13-9-8-10-4-2-1-3-5-10;/h1-7H,8-9H2,(H,13,14)(H,15,16);/q;+1/p-1/b7-6-;. The van der Waals surface area contributed by atoms with Crippen molar-refractivity contribution in [2.24, 2.45) is 0 Å². The summed E-state index contributed by atoms with van der Waals surface area (Å²) in [5.74, 6) is -1.81. The number of carbonyl (C=O) groups excluding carboxylic acids is 2. The Labute approximate surface area is 122 Å². The Bertz CT molecular complexity index is 390. The Balaban J connectivity index is 0.00000256. The van der Waals surface area contributed by atoms with E-state index in [9.17, 15) is 14.7 Å². The number of hydrogen-bond donors (Lipinski definition) is 1. The fraction of sp³-hybridized carbons (Fsp3) is 0.167. The number of benzene rings is 1. The maximum Gasteiger partial charge on any atom is 1.00 e. The Morgan fingerprint density at radius 1 is 1.18 bits per heavy atom. The van der Waals surface area contributed by atoms with Crippen LogP contribution in [0, 0.1) is 0 Å².